The van der Waals surface area contributed by atoms with Crippen LogP contribution in [0.15, 0.2) is 0 Å². The van der Waals surface area contributed by atoms with Crippen molar-refractivity contribution in [3.8, 4) is 0 Å². The summed E-state index contributed by atoms with van der Waals surface area (Å²) in [6, 6.07) is 0. The fourth-order valence-electron chi connectivity index (χ4n) is 1.38. The molecule has 0 amide bonds. The summed E-state index contributed by atoms with van der Waals surface area (Å²) < 4.78 is 5.33. The van der Waals surface area contributed by atoms with Gasteiger partial charge in [-0.05, 0) is 46.0 Å². The van der Waals surface area contributed by atoms with Crippen LogP contribution in [-0.2, 0) is 4.74 Å². The molecule has 2 nitrogen and oxygen atoms in total. The van der Waals surface area contributed by atoms with Crippen LogP contribution in [0.1, 0.15) is 46.0 Å². The Bertz CT molecular complexity index is 150. The third-order valence-corrected chi connectivity index (χ3v) is 2.90. The number of nitrogens with two attached hydrogens (primary N) is 1. The molecule has 1 aliphatic carbocycles. The second-order valence-corrected chi connectivity index (χ2v) is 4.68. The molecule has 1 rings (SSSR count). The summed E-state index contributed by atoms with van der Waals surface area (Å²) in [7, 11) is 1.77. The van der Waals surface area contributed by atoms with E-state index in [1.54, 1.807) is 7.11 Å². The molecule has 0 spiro atoms. The van der Waals surface area contributed by atoms with Crippen molar-refractivity contribution < 1.29 is 4.74 Å². The lowest BCUT2D eigenvalue weighted by Gasteiger charge is -2.23. The van der Waals surface area contributed by atoms with Gasteiger partial charge >= 0.3 is 0 Å². The van der Waals surface area contributed by atoms with Crippen LogP contribution in [0.4, 0.5) is 0 Å². The smallest absolute Gasteiger partial charge is 0.0622 e. The molecule has 0 heterocycles. The van der Waals surface area contributed by atoms with Gasteiger partial charge in [0.15, 0.2) is 0 Å². The summed E-state index contributed by atoms with van der Waals surface area (Å²) in [5, 5.41) is 0. The molecular formula is C10H21NO. The highest BCUT2D eigenvalue weighted by Crippen LogP contribution is 2.37. The molecule has 0 aliphatic heterocycles. The van der Waals surface area contributed by atoms with E-state index in [9.17, 15) is 0 Å². The Labute approximate surface area is 75.5 Å². The molecule has 0 radical (unpaired) electrons. The molecule has 72 valence electrons. The lowest BCUT2D eigenvalue weighted by molar-refractivity contribution is 0.0130. The predicted octanol–water partition coefficient (Wildman–Crippen LogP) is 2.07. The van der Waals surface area contributed by atoms with Crippen molar-refractivity contribution in [2.45, 2.75) is 57.1 Å². The molecule has 0 unspecified atom stereocenters. The van der Waals surface area contributed by atoms with Crippen LogP contribution < -0.4 is 5.73 Å². The maximum atomic E-state index is 5.98. The van der Waals surface area contributed by atoms with E-state index in [4.69, 9.17) is 10.5 Å². The summed E-state index contributed by atoms with van der Waals surface area (Å²) in [5.41, 5.74) is 6.22. The van der Waals surface area contributed by atoms with Crippen LogP contribution in [0.2, 0.25) is 0 Å². The zero-order valence-corrected chi connectivity index (χ0v) is 8.52. The Kier molecular flexibility index (Phi) is 2.79. The highest BCUT2D eigenvalue weighted by atomic mass is 16.5. The van der Waals surface area contributed by atoms with Crippen LogP contribution in [0.25, 0.3) is 0 Å². The lowest BCUT2D eigenvalue weighted by Crippen LogP contribution is -2.25. The Balaban J connectivity index is 2.09. The summed E-state index contributed by atoms with van der Waals surface area (Å²) >= 11 is 0. The molecule has 2 N–H and O–H groups in total. The molecule has 1 aliphatic rings. The maximum absolute atomic E-state index is 5.98. The fraction of sp³-hybridized carbons (Fsp3) is 1.00. The monoisotopic (exact) mass is 171 g/mol. The van der Waals surface area contributed by atoms with Gasteiger partial charge < -0.3 is 10.5 Å². The second kappa shape index (κ2) is 3.35. The summed E-state index contributed by atoms with van der Waals surface area (Å²) in [6.07, 6.45) is 5.92. The molecule has 12 heavy (non-hydrogen) atoms. The maximum Gasteiger partial charge on any atom is 0.0622 e. The molecule has 1 saturated carbocycles. The third-order valence-electron chi connectivity index (χ3n) is 2.90. The van der Waals surface area contributed by atoms with Crippen molar-refractivity contribution in [1.29, 1.82) is 0 Å². The second-order valence-electron chi connectivity index (χ2n) is 4.68. The molecule has 2 heteroatoms. The molecule has 0 aromatic rings. The Morgan fingerprint density at radius 2 is 2.00 bits per heavy atom. The number of methoxy groups -OCH3 is 1. The minimum absolute atomic E-state index is 0.0330. The van der Waals surface area contributed by atoms with Gasteiger partial charge in [-0.3, -0.25) is 0 Å². The van der Waals surface area contributed by atoms with Gasteiger partial charge in [-0.15, -0.1) is 0 Å². The van der Waals surface area contributed by atoms with Crippen molar-refractivity contribution in [3.05, 3.63) is 0 Å². The van der Waals surface area contributed by atoms with Crippen LogP contribution in [0, 0.1) is 0 Å². The van der Waals surface area contributed by atoms with Gasteiger partial charge in [0.05, 0.1) is 5.60 Å². The average molecular weight is 171 g/mol. The lowest BCUT2D eigenvalue weighted by atomic mass is 9.98. The molecule has 1 fully saturated rings. The van der Waals surface area contributed by atoms with Crippen LogP contribution in [-0.4, -0.2) is 18.2 Å². The fourth-order valence-corrected chi connectivity index (χ4v) is 1.38. The van der Waals surface area contributed by atoms with Gasteiger partial charge in [0, 0.05) is 12.6 Å². The van der Waals surface area contributed by atoms with E-state index in [1.807, 2.05) is 0 Å². The van der Waals surface area contributed by atoms with E-state index >= 15 is 0 Å². The number of rotatable bonds is 5. The highest BCUT2D eigenvalue weighted by Gasteiger charge is 2.37. The quantitative estimate of drug-likeness (QED) is 0.687. The number of hydrogen-bond donors (Lipinski definition) is 1. The van der Waals surface area contributed by atoms with Crippen molar-refractivity contribution in [2.24, 2.45) is 5.73 Å². The predicted molar refractivity (Wildman–Crippen MR) is 51.1 cm³/mol. The van der Waals surface area contributed by atoms with E-state index < -0.39 is 0 Å². The standard InChI is InChI=1S/C10H21NO/c1-9(2,12-3)5-4-6-10(11)7-8-10/h4-8,11H2,1-3H3. The molecule has 0 saturated heterocycles. The highest BCUT2D eigenvalue weighted by molar-refractivity contribution is 4.98. The minimum Gasteiger partial charge on any atom is -0.379 e. The molecular weight excluding hydrogens is 150 g/mol. The first-order valence-electron chi connectivity index (χ1n) is 4.82. The Morgan fingerprint density at radius 3 is 2.42 bits per heavy atom. The van der Waals surface area contributed by atoms with Crippen molar-refractivity contribution in [1.82, 2.24) is 0 Å². The first kappa shape index (κ1) is 10.0. The van der Waals surface area contributed by atoms with Gasteiger partial charge in [-0.25, -0.2) is 0 Å². The first-order chi connectivity index (χ1) is 5.47. The topological polar surface area (TPSA) is 35.2 Å². The van der Waals surface area contributed by atoms with E-state index in [1.165, 1.54) is 25.7 Å². The van der Waals surface area contributed by atoms with E-state index in [0.29, 0.717) is 0 Å². The van der Waals surface area contributed by atoms with Crippen molar-refractivity contribution in [3.63, 3.8) is 0 Å². The Hall–Kier alpha value is -0.0800. The summed E-state index contributed by atoms with van der Waals surface area (Å²) in [4.78, 5) is 0. The molecule has 0 aromatic heterocycles. The largest absolute Gasteiger partial charge is 0.379 e. The van der Waals surface area contributed by atoms with E-state index in [2.05, 4.69) is 13.8 Å². The van der Waals surface area contributed by atoms with Crippen molar-refractivity contribution in [2.75, 3.05) is 7.11 Å². The van der Waals surface area contributed by atoms with Gasteiger partial charge in [-0.1, -0.05) is 0 Å². The summed E-state index contributed by atoms with van der Waals surface area (Å²) in [5.74, 6) is 0. The van der Waals surface area contributed by atoms with E-state index in [-0.39, 0.29) is 11.1 Å². The number of hydrogen-bond acceptors (Lipinski definition) is 2. The molecule has 0 atom stereocenters. The average Bonchev–Trinajstić information content (AvgIpc) is 2.68. The minimum atomic E-state index is 0.0330. The zero-order valence-electron chi connectivity index (χ0n) is 8.52. The van der Waals surface area contributed by atoms with Crippen LogP contribution in [0.5, 0.6) is 0 Å². The van der Waals surface area contributed by atoms with Gasteiger partial charge in [-0.2, -0.15) is 0 Å². The van der Waals surface area contributed by atoms with E-state index in [0.717, 1.165) is 6.42 Å². The van der Waals surface area contributed by atoms with Gasteiger partial charge in [0.2, 0.25) is 0 Å². The number of ether oxygens (including phenoxy) is 1. The Morgan fingerprint density at radius 1 is 1.42 bits per heavy atom. The summed E-state index contributed by atoms with van der Waals surface area (Å²) in [6.45, 7) is 4.26. The van der Waals surface area contributed by atoms with Crippen molar-refractivity contribution >= 4 is 0 Å². The normalized spacial score (nSPS) is 21.0. The van der Waals surface area contributed by atoms with Crippen LogP contribution >= 0.6 is 0 Å². The SMILES string of the molecule is COC(C)(C)CCCC1(N)CC1. The molecule has 0 bridgehead atoms. The zero-order chi connectivity index (χ0) is 9.24. The van der Waals surface area contributed by atoms with Gasteiger partial charge in [0.1, 0.15) is 0 Å². The van der Waals surface area contributed by atoms with Crippen LogP contribution in [0.3, 0.4) is 0 Å². The molecule has 0 aromatic carbocycles. The first-order valence-corrected chi connectivity index (χ1v) is 4.82. The van der Waals surface area contributed by atoms with Gasteiger partial charge in [0.25, 0.3) is 0 Å². The third kappa shape index (κ3) is 3.11.